The zero-order valence-electron chi connectivity index (χ0n) is 12.5. The van der Waals surface area contributed by atoms with Crippen LogP contribution in [0.25, 0.3) is 0 Å². The van der Waals surface area contributed by atoms with Gasteiger partial charge in [-0.05, 0) is 29.3 Å². The van der Waals surface area contributed by atoms with E-state index in [1.807, 2.05) is 0 Å². The van der Waals surface area contributed by atoms with Crippen molar-refractivity contribution in [3.8, 4) is 11.5 Å². The van der Waals surface area contributed by atoms with Crippen molar-refractivity contribution in [3.05, 3.63) is 53.6 Å². The Morgan fingerprint density at radius 1 is 1.17 bits per heavy atom. The van der Waals surface area contributed by atoms with Crippen molar-refractivity contribution in [1.29, 1.82) is 0 Å². The summed E-state index contributed by atoms with van der Waals surface area (Å²) in [6.45, 7) is 0.391. The Bertz CT molecular complexity index is 876. The lowest BCUT2D eigenvalue weighted by atomic mass is 10.1. The first-order valence-electron chi connectivity index (χ1n) is 7.17. The number of aliphatic carboxylic acids is 1. The predicted octanol–water partition coefficient (Wildman–Crippen LogP) is 1.43. The van der Waals surface area contributed by atoms with Crippen molar-refractivity contribution < 1.29 is 28.2 Å². The molecule has 0 fully saturated rings. The minimum absolute atomic E-state index is 0.0416. The number of fused-ring (bicyclic) bond motifs is 1. The molecule has 0 radical (unpaired) electrons. The van der Waals surface area contributed by atoms with Gasteiger partial charge in [-0.1, -0.05) is 24.3 Å². The number of ether oxygens (including phenoxy) is 1. The fourth-order valence-electron chi connectivity index (χ4n) is 2.54. The van der Waals surface area contributed by atoms with Crippen LogP contribution >= 0.6 is 0 Å². The van der Waals surface area contributed by atoms with E-state index < -0.39 is 22.0 Å². The van der Waals surface area contributed by atoms with E-state index in [2.05, 4.69) is 4.72 Å². The molecule has 24 heavy (non-hydrogen) atoms. The number of phenols is 1. The topological polar surface area (TPSA) is 113 Å². The van der Waals surface area contributed by atoms with Gasteiger partial charge in [0.1, 0.15) is 22.4 Å². The summed E-state index contributed by atoms with van der Waals surface area (Å²) in [6, 6.07) is 8.56. The lowest BCUT2D eigenvalue weighted by molar-refractivity contribution is -0.139. The maximum absolute atomic E-state index is 12.6. The number of benzene rings is 2. The van der Waals surface area contributed by atoms with Crippen LogP contribution in [-0.4, -0.2) is 31.2 Å². The van der Waals surface area contributed by atoms with Gasteiger partial charge in [0.15, 0.2) is 0 Å². The monoisotopic (exact) mass is 349 g/mol. The van der Waals surface area contributed by atoms with Gasteiger partial charge in [0, 0.05) is 6.42 Å². The van der Waals surface area contributed by atoms with Crippen LogP contribution in [0.2, 0.25) is 0 Å². The summed E-state index contributed by atoms with van der Waals surface area (Å²) in [4.78, 5) is 11.4. The second kappa shape index (κ2) is 6.14. The number of hydrogen-bond acceptors (Lipinski definition) is 5. The van der Waals surface area contributed by atoms with Crippen molar-refractivity contribution in [2.45, 2.75) is 17.4 Å². The molecule has 2 aromatic carbocycles. The van der Waals surface area contributed by atoms with E-state index in [1.165, 1.54) is 30.3 Å². The lowest BCUT2D eigenvalue weighted by Crippen LogP contribution is -2.34. The minimum Gasteiger partial charge on any atom is -0.508 e. The second-order valence-corrected chi connectivity index (χ2v) is 7.01. The lowest BCUT2D eigenvalue weighted by Gasteiger charge is -2.16. The average molecular weight is 349 g/mol. The van der Waals surface area contributed by atoms with Gasteiger partial charge >= 0.3 is 5.97 Å². The molecule has 0 saturated carbocycles. The van der Waals surface area contributed by atoms with Crippen LogP contribution in [0.15, 0.2) is 47.4 Å². The minimum atomic E-state index is -4.11. The largest absolute Gasteiger partial charge is 0.508 e. The third-order valence-corrected chi connectivity index (χ3v) is 5.16. The van der Waals surface area contributed by atoms with Gasteiger partial charge in [0.25, 0.3) is 0 Å². The summed E-state index contributed by atoms with van der Waals surface area (Å²) in [5.74, 6) is -1.13. The Balaban J connectivity index is 1.96. The molecule has 3 rings (SSSR count). The van der Waals surface area contributed by atoms with Crippen LogP contribution in [-0.2, 0) is 21.2 Å². The van der Waals surface area contributed by atoms with E-state index in [4.69, 9.17) is 4.74 Å². The molecule has 7 nitrogen and oxygen atoms in total. The fourth-order valence-corrected chi connectivity index (χ4v) is 3.91. The number of aromatic hydroxyl groups is 1. The summed E-state index contributed by atoms with van der Waals surface area (Å²) in [7, 11) is -4.11. The van der Waals surface area contributed by atoms with Gasteiger partial charge in [-0.3, -0.25) is 4.79 Å². The molecule has 0 amide bonds. The van der Waals surface area contributed by atoms with Gasteiger partial charge in [0.2, 0.25) is 10.0 Å². The highest BCUT2D eigenvalue weighted by Crippen LogP contribution is 2.33. The standard InChI is InChI=1S/C16H15NO6S/c18-12-6-4-10(5-7-12)14(16(19)20)17-24(21,22)13-3-1-2-11-8-9-23-15(11)13/h1-7,14,17-18H,8-9H2,(H,19,20)/t14-/m0/s1. The molecular formula is C16H15NO6S. The van der Waals surface area contributed by atoms with E-state index in [-0.39, 0.29) is 22.0 Å². The molecule has 0 saturated heterocycles. The highest BCUT2D eigenvalue weighted by Gasteiger charge is 2.31. The van der Waals surface area contributed by atoms with E-state index in [9.17, 15) is 23.4 Å². The predicted molar refractivity (Wildman–Crippen MR) is 84.4 cm³/mol. The molecule has 126 valence electrons. The molecule has 1 atom stereocenters. The maximum Gasteiger partial charge on any atom is 0.326 e. The first-order chi connectivity index (χ1) is 11.4. The molecule has 0 aromatic heterocycles. The van der Waals surface area contributed by atoms with Crippen LogP contribution in [0.1, 0.15) is 17.2 Å². The van der Waals surface area contributed by atoms with E-state index in [1.54, 1.807) is 12.1 Å². The van der Waals surface area contributed by atoms with Crippen molar-refractivity contribution >= 4 is 16.0 Å². The smallest absolute Gasteiger partial charge is 0.326 e. The van der Waals surface area contributed by atoms with Crippen molar-refractivity contribution in [3.63, 3.8) is 0 Å². The highest BCUT2D eigenvalue weighted by molar-refractivity contribution is 7.89. The molecule has 0 aliphatic carbocycles. The van der Waals surface area contributed by atoms with Gasteiger partial charge in [-0.15, -0.1) is 0 Å². The summed E-state index contributed by atoms with van der Waals surface area (Å²) >= 11 is 0. The Morgan fingerprint density at radius 3 is 2.54 bits per heavy atom. The Morgan fingerprint density at radius 2 is 1.88 bits per heavy atom. The zero-order chi connectivity index (χ0) is 17.3. The van der Waals surface area contributed by atoms with E-state index >= 15 is 0 Å². The molecule has 3 N–H and O–H groups in total. The SMILES string of the molecule is O=C(O)[C@@H](NS(=O)(=O)c1cccc2c1OCC2)c1ccc(O)cc1. The van der Waals surface area contributed by atoms with Crippen molar-refractivity contribution in [2.75, 3.05) is 6.61 Å². The normalized spacial score (nSPS) is 14.7. The summed E-state index contributed by atoms with van der Waals surface area (Å²) < 4.78 is 32.9. The fraction of sp³-hybridized carbons (Fsp3) is 0.188. The Kier molecular flexibility index (Phi) is 4.16. The first-order valence-corrected chi connectivity index (χ1v) is 8.65. The van der Waals surface area contributed by atoms with Crippen LogP contribution in [0.4, 0.5) is 0 Å². The van der Waals surface area contributed by atoms with Crippen molar-refractivity contribution in [2.24, 2.45) is 0 Å². The maximum atomic E-state index is 12.6. The number of carbonyl (C=O) groups is 1. The molecule has 1 aliphatic heterocycles. The summed E-state index contributed by atoms with van der Waals surface area (Å²) in [5.41, 5.74) is 0.978. The van der Waals surface area contributed by atoms with E-state index in [0.717, 1.165) is 5.56 Å². The van der Waals surface area contributed by atoms with Crippen LogP contribution in [0.3, 0.4) is 0 Å². The third-order valence-electron chi connectivity index (χ3n) is 3.71. The number of carboxylic acids is 1. The van der Waals surface area contributed by atoms with Gasteiger partial charge < -0.3 is 14.9 Å². The molecule has 0 bridgehead atoms. The van der Waals surface area contributed by atoms with Gasteiger partial charge in [-0.25, -0.2) is 8.42 Å². The van der Waals surface area contributed by atoms with Gasteiger partial charge in [-0.2, -0.15) is 4.72 Å². The Hall–Kier alpha value is -2.58. The molecule has 8 heteroatoms. The van der Waals surface area contributed by atoms with Crippen LogP contribution < -0.4 is 9.46 Å². The van der Waals surface area contributed by atoms with Crippen molar-refractivity contribution in [1.82, 2.24) is 4.72 Å². The van der Waals surface area contributed by atoms with Gasteiger partial charge in [0.05, 0.1) is 6.61 Å². The number of hydrogen-bond donors (Lipinski definition) is 3. The summed E-state index contributed by atoms with van der Waals surface area (Å²) in [6.07, 6.45) is 0.610. The molecule has 1 heterocycles. The number of phenolic OH excluding ortho intramolecular Hbond substituents is 1. The van der Waals surface area contributed by atoms with Crippen LogP contribution in [0, 0.1) is 0 Å². The Labute approximate surface area is 138 Å². The number of rotatable bonds is 5. The molecular weight excluding hydrogens is 334 g/mol. The zero-order valence-corrected chi connectivity index (χ0v) is 13.3. The number of para-hydroxylation sites is 1. The first kappa shape index (κ1) is 16.3. The average Bonchev–Trinajstić information content (AvgIpc) is 3.01. The molecule has 0 spiro atoms. The molecule has 0 unspecified atom stereocenters. The number of sulfonamides is 1. The number of nitrogens with one attached hydrogen (secondary N) is 1. The van der Waals surface area contributed by atoms with E-state index in [0.29, 0.717) is 13.0 Å². The van der Waals surface area contributed by atoms with Crippen LogP contribution in [0.5, 0.6) is 11.5 Å². The summed E-state index contributed by atoms with van der Waals surface area (Å²) in [5, 5.41) is 18.7. The quantitative estimate of drug-likeness (QED) is 0.753. The molecule has 2 aromatic rings. The highest BCUT2D eigenvalue weighted by atomic mass is 32.2. The second-order valence-electron chi connectivity index (χ2n) is 5.33. The third kappa shape index (κ3) is 3.06. The molecule has 1 aliphatic rings. The number of carboxylic acid groups (broad SMARTS) is 1.